The normalized spacial score (nSPS) is 13.8. The summed E-state index contributed by atoms with van der Waals surface area (Å²) in [6.45, 7) is 1.09. The molecule has 0 atom stereocenters. The summed E-state index contributed by atoms with van der Waals surface area (Å²) in [5.74, 6) is -0.0679. The molecule has 5 nitrogen and oxygen atoms in total. The maximum absolute atomic E-state index is 10.3. The molecule has 1 aromatic rings. The van der Waals surface area contributed by atoms with Gasteiger partial charge in [0.25, 0.3) is 0 Å². The van der Waals surface area contributed by atoms with Crippen LogP contribution >= 0.6 is 0 Å². The molecule has 0 amide bonds. The summed E-state index contributed by atoms with van der Waals surface area (Å²) in [6.07, 6.45) is 2.56. The smallest absolute Gasteiger partial charge is 0.305 e. The first-order valence-electron chi connectivity index (χ1n) is 4.16. The van der Waals surface area contributed by atoms with E-state index in [-0.39, 0.29) is 6.42 Å². The van der Waals surface area contributed by atoms with Crippen LogP contribution in [0.15, 0.2) is 6.33 Å². The Balaban J connectivity index is 2.08. The van der Waals surface area contributed by atoms with Crippen LogP contribution < -0.4 is 4.74 Å². The van der Waals surface area contributed by atoms with Crippen LogP contribution in [0.2, 0.25) is 0 Å². The number of nitrogens with zero attached hydrogens (tertiary/aromatic N) is 2. The molecular weight excluding hydrogens is 172 g/mol. The van der Waals surface area contributed by atoms with E-state index in [0.717, 1.165) is 18.0 Å². The highest BCUT2D eigenvalue weighted by Crippen LogP contribution is 2.23. The average molecular weight is 182 g/mol. The monoisotopic (exact) mass is 182 g/mol. The van der Waals surface area contributed by atoms with E-state index in [1.165, 1.54) is 0 Å². The summed E-state index contributed by atoms with van der Waals surface area (Å²) in [6, 6.07) is 0. The summed E-state index contributed by atoms with van der Waals surface area (Å²) >= 11 is 0. The van der Waals surface area contributed by atoms with E-state index in [0.29, 0.717) is 13.2 Å². The SMILES string of the molecule is O=C(O)CCn1cnc2c1OCC2. The van der Waals surface area contributed by atoms with Crippen molar-refractivity contribution in [2.45, 2.75) is 19.4 Å². The molecule has 2 heterocycles. The molecule has 70 valence electrons. The van der Waals surface area contributed by atoms with E-state index in [1.807, 2.05) is 0 Å². The van der Waals surface area contributed by atoms with Crippen molar-refractivity contribution >= 4 is 5.97 Å². The second-order valence-electron chi connectivity index (χ2n) is 2.93. The van der Waals surface area contributed by atoms with Crippen LogP contribution in [0.4, 0.5) is 0 Å². The summed E-state index contributed by atoms with van der Waals surface area (Å²) in [5, 5.41) is 8.49. The molecule has 1 N–H and O–H groups in total. The van der Waals surface area contributed by atoms with Gasteiger partial charge in [0.15, 0.2) is 0 Å². The number of hydrogen-bond donors (Lipinski definition) is 1. The summed E-state index contributed by atoms with van der Waals surface area (Å²) < 4.78 is 7.06. The maximum Gasteiger partial charge on any atom is 0.305 e. The van der Waals surface area contributed by atoms with Gasteiger partial charge in [-0.25, -0.2) is 4.98 Å². The van der Waals surface area contributed by atoms with Crippen LogP contribution in [0.3, 0.4) is 0 Å². The number of carboxylic acid groups (broad SMARTS) is 1. The van der Waals surface area contributed by atoms with Gasteiger partial charge in [0.2, 0.25) is 5.88 Å². The van der Waals surface area contributed by atoms with Gasteiger partial charge in [-0.1, -0.05) is 0 Å². The minimum absolute atomic E-state index is 0.103. The molecule has 5 heteroatoms. The number of imidazole rings is 1. The molecule has 0 radical (unpaired) electrons. The van der Waals surface area contributed by atoms with Crippen molar-refractivity contribution in [3.8, 4) is 5.88 Å². The highest BCUT2D eigenvalue weighted by atomic mass is 16.5. The van der Waals surface area contributed by atoms with E-state index in [9.17, 15) is 4.79 Å². The molecule has 0 fully saturated rings. The molecule has 0 saturated carbocycles. The van der Waals surface area contributed by atoms with Crippen molar-refractivity contribution in [2.75, 3.05) is 6.61 Å². The lowest BCUT2D eigenvalue weighted by molar-refractivity contribution is -0.137. The molecule has 0 aromatic carbocycles. The third-order valence-corrected chi connectivity index (χ3v) is 2.00. The fraction of sp³-hybridized carbons (Fsp3) is 0.500. The maximum atomic E-state index is 10.3. The molecule has 0 unspecified atom stereocenters. The number of aliphatic carboxylic acids is 1. The van der Waals surface area contributed by atoms with Gasteiger partial charge in [-0.05, 0) is 0 Å². The predicted octanol–water partition coefficient (Wildman–Crippen LogP) is 0.293. The van der Waals surface area contributed by atoms with Crippen molar-refractivity contribution < 1.29 is 14.6 Å². The highest BCUT2D eigenvalue weighted by Gasteiger charge is 2.18. The lowest BCUT2D eigenvalue weighted by atomic mass is 10.4. The summed E-state index contributed by atoms with van der Waals surface area (Å²) in [7, 11) is 0. The second kappa shape index (κ2) is 3.08. The number of fused-ring (bicyclic) bond motifs is 1. The molecule has 1 aliphatic heterocycles. The Morgan fingerprint density at radius 1 is 1.77 bits per heavy atom. The van der Waals surface area contributed by atoms with Gasteiger partial charge in [0.05, 0.1) is 19.4 Å². The fourth-order valence-electron chi connectivity index (χ4n) is 1.37. The Bertz CT molecular complexity index is 332. The lowest BCUT2D eigenvalue weighted by Crippen LogP contribution is -2.05. The molecule has 0 saturated heterocycles. The van der Waals surface area contributed by atoms with Crippen LogP contribution in [0.5, 0.6) is 5.88 Å². The third-order valence-electron chi connectivity index (χ3n) is 2.00. The minimum atomic E-state index is -0.805. The highest BCUT2D eigenvalue weighted by molar-refractivity contribution is 5.66. The van der Waals surface area contributed by atoms with Crippen molar-refractivity contribution in [3.63, 3.8) is 0 Å². The van der Waals surface area contributed by atoms with E-state index in [4.69, 9.17) is 9.84 Å². The number of aryl methyl sites for hydroxylation is 1. The Morgan fingerprint density at radius 2 is 2.62 bits per heavy atom. The van der Waals surface area contributed by atoms with Crippen LogP contribution in [-0.4, -0.2) is 27.2 Å². The average Bonchev–Trinajstić information content (AvgIpc) is 2.60. The lowest BCUT2D eigenvalue weighted by Gasteiger charge is -2.03. The van der Waals surface area contributed by atoms with Gasteiger partial charge in [-0.15, -0.1) is 0 Å². The number of carbonyl (C=O) groups is 1. The van der Waals surface area contributed by atoms with Crippen molar-refractivity contribution in [1.82, 2.24) is 9.55 Å². The van der Waals surface area contributed by atoms with Crippen molar-refractivity contribution in [1.29, 1.82) is 0 Å². The zero-order valence-electron chi connectivity index (χ0n) is 7.06. The van der Waals surface area contributed by atoms with Gasteiger partial charge in [0, 0.05) is 13.0 Å². The second-order valence-corrected chi connectivity index (χ2v) is 2.93. The van der Waals surface area contributed by atoms with Crippen LogP contribution in [0.25, 0.3) is 0 Å². The van der Waals surface area contributed by atoms with Gasteiger partial charge in [-0.3, -0.25) is 4.79 Å². The standard InChI is InChI=1S/C8H10N2O3/c11-7(12)1-3-10-5-9-6-2-4-13-8(6)10/h5H,1-4H2,(H,11,12). The van der Waals surface area contributed by atoms with Gasteiger partial charge >= 0.3 is 5.97 Å². The molecular formula is C8H10N2O3. The number of aromatic nitrogens is 2. The zero-order chi connectivity index (χ0) is 9.26. The van der Waals surface area contributed by atoms with Crippen molar-refractivity contribution in [3.05, 3.63) is 12.0 Å². The quantitative estimate of drug-likeness (QED) is 0.729. The van der Waals surface area contributed by atoms with Gasteiger partial charge in [0.1, 0.15) is 5.69 Å². The first kappa shape index (κ1) is 8.10. The third kappa shape index (κ3) is 1.49. The number of rotatable bonds is 3. The van der Waals surface area contributed by atoms with E-state index >= 15 is 0 Å². The Morgan fingerprint density at radius 3 is 3.38 bits per heavy atom. The Labute approximate surface area is 75.0 Å². The number of hydrogen-bond acceptors (Lipinski definition) is 3. The summed E-state index contributed by atoms with van der Waals surface area (Å²) in [4.78, 5) is 14.4. The van der Waals surface area contributed by atoms with E-state index in [2.05, 4.69) is 4.98 Å². The zero-order valence-corrected chi connectivity index (χ0v) is 7.06. The predicted molar refractivity (Wildman–Crippen MR) is 43.7 cm³/mol. The summed E-state index contributed by atoms with van der Waals surface area (Å²) in [5.41, 5.74) is 0.936. The number of ether oxygens (including phenoxy) is 1. The van der Waals surface area contributed by atoms with Gasteiger partial charge in [-0.2, -0.15) is 0 Å². The van der Waals surface area contributed by atoms with Gasteiger partial charge < -0.3 is 14.4 Å². The molecule has 0 spiro atoms. The molecule has 0 bridgehead atoms. The molecule has 1 aliphatic rings. The van der Waals surface area contributed by atoms with Crippen molar-refractivity contribution in [2.24, 2.45) is 0 Å². The van der Waals surface area contributed by atoms with Crippen LogP contribution in [-0.2, 0) is 17.8 Å². The molecule has 1 aromatic heterocycles. The fourth-order valence-corrected chi connectivity index (χ4v) is 1.37. The molecule has 13 heavy (non-hydrogen) atoms. The minimum Gasteiger partial charge on any atom is -0.481 e. The Kier molecular flexibility index (Phi) is 1.92. The van der Waals surface area contributed by atoms with E-state index < -0.39 is 5.97 Å². The first-order chi connectivity index (χ1) is 6.27. The first-order valence-corrected chi connectivity index (χ1v) is 4.16. The number of carboxylic acids is 1. The topological polar surface area (TPSA) is 64.3 Å². The largest absolute Gasteiger partial charge is 0.481 e. The Hall–Kier alpha value is -1.52. The molecule has 2 rings (SSSR count). The van der Waals surface area contributed by atoms with Crippen LogP contribution in [0, 0.1) is 0 Å². The molecule has 0 aliphatic carbocycles. The van der Waals surface area contributed by atoms with E-state index in [1.54, 1.807) is 10.9 Å². The van der Waals surface area contributed by atoms with Crippen LogP contribution in [0.1, 0.15) is 12.1 Å².